The van der Waals surface area contributed by atoms with E-state index in [1.165, 1.54) is 11.6 Å². The Morgan fingerprint density at radius 3 is 3.11 bits per heavy atom. The van der Waals surface area contributed by atoms with Crippen LogP contribution in [0.1, 0.15) is 35.8 Å². The second-order valence-corrected chi connectivity index (χ2v) is 4.80. The van der Waals surface area contributed by atoms with Crippen LogP contribution in [0.3, 0.4) is 0 Å². The maximum Gasteiger partial charge on any atom is 0.128 e. The second kappa shape index (κ2) is 4.48. The largest absolute Gasteiger partial charge is 0.469 e. The highest BCUT2D eigenvalue weighted by molar-refractivity contribution is 5.53. The molecule has 0 saturated heterocycles. The van der Waals surface area contributed by atoms with E-state index >= 15 is 0 Å². The SMILES string of the molecule is Cc1c(F)cccc1NC1CCCc2occc21. The summed E-state index contributed by atoms with van der Waals surface area (Å²) in [5.41, 5.74) is 2.76. The smallest absolute Gasteiger partial charge is 0.128 e. The Labute approximate surface area is 106 Å². The minimum absolute atomic E-state index is 0.164. The Balaban J connectivity index is 1.88. The first kappa shape index (κ1) is 11.3. The molecule has 3 heteroatoms. The molecular formula is C15H16FNO. The minimum Gasteiger partial charge on any atom is -0.469 e. The van der Waals surface area contributed by atoms with Crippen LogP contribution in [0.15, 0.2) is 34.9 Å². The normalized spacial score (nSPS) is 18.4. The van der Waals surface area contributed by atoms with Gasteiger partial charge < -0.3 is 9.73 Å². The van der Waals surface area contributed by atoms with Gasteiger partial charge in [-0.2, -0.15) is 0 Å². The summed E-state index contributed by atoms with van der Waals surface area (Å²) in [6.07, 6.45) is 4.90. The van der Waals surface area contributed by atoms with Crippen LogP contribution >= 0.6 is 0 Å². The van der Waals surface area contributed by atoms with Crippen LogP contribution in [0.4, 0.5) is 10.1 Å². The molecule has 1 N–H and O–H groups in total. The molecule has 2 nitrogen and oxygen atoms in total. The van der Waals surface area contributed by atoms with E-state index < -0.39 is 0 Å². The summed E-state index contributed by atoms with van der Waals surface area (Å²) < 4.78 is 19.0. The highest BCUT2D eigenvalue weighted by Crippen LogP contribution is 2.34. The van der Waals surface area contributed by atoms with E-state index in [4.69, 9.17) is 4.42 Å². The Hall–Kier alpha value is -1.77. The van der Waals surface area contributed by atoms with Crippen LogP contribution < -0.4 is 5.32 Å². The summed E-state index contributed by atoms with van der Waals surface area (Å²) in [7, 11) is 0. The number of hydrogen-bond donors (Lipinski definition) is 1. The predicted molar refractivity (Wildman–Crippen MR) is 69.1 cm³/mol. The number of furan rings is 1. The van der Waals surface area contributed by atoms with Gasteiger partial charge in [0.2, 0.25) is 0 Å². The van der Waals surface area contributed by atoms with Gasteiger partial charge in [0.1, 0.15) is 11.6 Å². The fraction of sp³-hybridized carbons (Fsp3) is 0.333. The summed E-state index contributed by atoms with van der Waals surface area (Å²) in [5, 5.41) is 3.43. The number of benzene rings is 1. The first-order valence-corrected chi connectivity index (χ1v) is 6.33. The molecule has 18 heavy (non-hydrogen) atoms. The highest BCUT2D eigenvalue weighted by Gasteiger charge is 2.22. The lowest BCUT2D eigenvalue weighted by molar-refractivity contribution is 0.461. The predicted octanol–water partition coefficient (Wildman–Crippen LogP) is 4.22. The van der Waals surface area contributed by atoms with Crippen molar-refractivity contribution in [1.29, 1.82) is 0 Å². The Morgan fingerprint density at radius 2 is 2.22 bits per heavy atom. The summed E-state index contributed by atoms with van der Waals surface area (Å²) >= 11 is 0. The van der Waals surface area contributed by atoms with Gasteiger partial charge >= 0.3 is 0 Å². The molecule has 0 amide bonds. The molecule has 3 rings (SSSR count). The van der Waals surface area contributed by atoms with E-state index in [-0.39, 0.29) is 11.9 Å². The fourth-order valence-corrected chi connectivity index (χ4v) is 2.59. The van der Waals surface area contributed by atoms with Gasteiger partial charge in [-0.05, 0) is 38.0 Å². The monoisotopic (exact) mass is 245 g/mol. The van der Waals surface area contributed by atoms with Crippen molar-refractivity contribution < 1.29 is 8.81 Å². The standard InChI is InChI=1S/C15H16FNO/c1-10-12(16)4-2-5-13(10)17-14-6-3-7-15-11(14)8-9-18-15/h2,4-5,8-9,14,17H,3,6-7H2,1H3. The van der Waals surface area contributed by atoms with Gasteiger partial charge in [0.15, 0.2) is 0 Å². The Kier molecular flexibility index (Phi) is 2.82. The van der Waals surface area contributed by atoms with Crippen molar-refractivity contribution in [2.75, 3.05) is 5.32 Å². The lowest BCUT2D eigenvalue weighted by atomic mass is 9.93. The zero-order chi connectivity index (χ0) is 12.5. The molecule has 2 aromatic rings. The summed E-state index contributed by atoms with van der Waals surface area (Å²) in [6, 6.07) is 7.40. The third-order valence-corrected chi connectivity index (χ3v) is 3.65. The molecule has 1 aromatic carbocycles. The molecule has 1 heterocycles. The maximum atomic E-state index is 13.5. The number of fused-ring (bicyclic) bond motifs is 1. The third-order valence-electron chi connectivity index (χ3n) is 3.65. The molecule has 1 unspecified atom stereocenters. The molecular weight excluding hydrogens is 229 g/mol. The number of halogens is 1. The average Bonchev–Trinajstić information content (AvgIpc) is 2.84. The van der Waals surface area contributed by atoms with Gasteiger partial charge in [-0.3, -0.25) is 0 Å². The quantitative estimate of drug-likeness (QED) is 0.857. The van der Waals surface area contributed by atoms with Crippen LogP contribution in [-0.4, -0.2) is 0 Å². The molecule has 1 aliphatic carbocycles. The van der Waals surface area contributed by atoms with Crippen LogP contribution in [0.25, 0.3) is 0 Å². The van der Waals surface area contributed by atoms with Gasteiger partial charge in [-0.25, -0.2) is 4.39 Å². The molecule has 0 radical (unpaired) electrons. The van der Waals surface area contributed by atoms with Gasteiger partial charge in [0.05, 0.1) is 12.3 Å². The first-order valence-electron chi connectivity index (χ1n) is 6.33. The van der Waals surface area contributed by atoms with E-state index in [0.29, 0.717) is 5.56 Å². The molecule has 0 fully saturated rings. The van der Waals surface area contributed by atoms with E-state index in [1.807, 2.05) is 12.1 Å². The van der Waals surface area contributed by atoms with E-state index in [2.05, 4.69) is 5.32 Å². The van der Waals surface area contributed by atoms with Crippen LogP contribution in [-0.2, 0) is 6.42 Å². The van der Waals surface area contributed by atoms with Crippen molar-refractivity contribution in [2.45, 2.75) is 32.2 Å². The minimum atomic E-state index is -0.164. The Morgan fingerprint density at radius 1 is 1.33 bits per heavy atom. The summed E-state index contributed by atoms with van der Waals surface area (Å²) in [4.78, 5) is 0. The number of rotatable bonds is 2. The summed E-state index contributed by atoms with van der Waals surface area (Å²) in [6.45, 7) is 1.80. The summed E-state index contributed by atoms with van der Waals surface area (Å²) in [5.74, 6) is 0.899. The van der Waals surface area contributed by atoms with Crippen molar-refractivity contribution in [3.63, 3.8) is 0 Å². The number of hydrogen-bond acceptors (Lipinski definition) is 2. The van der Waals surface area contributed by atoms with E-state index in [1.54, 1.807) is 19.3 Å². The molecule has 1 atom stereocenters. The van der Waals surface area contributed by atoms with Gasteiger partial charge in [0, 0.05) is 23.2 Å². The first-order chi connectivity index (χ1) is 8.75. The fourth-order valence-electron chi connectivity index (χ4n) is 2.59. The van der Waals surface area contributed by atoms with Crippen LogP contribution in [0.2, 0.25) is 0 Å². The third kappa shape index (κ3) is 1.90. The lowest BCUT2D eigenvalue weighted by Gasteiger charge is -2.24. The molecule has 0 saturated carbocycles. The van der Waals surface area contributed by atoms with E-state index in [9.17, 15) is 4.39 Å². The number of anilines is 1. The van der Waals surface area contributed by atoms with Crippen LogP contribution in [0, 0.1) is 12.7 Å². The van der Waals surface area contributed by atoms with Crippen molar-refractivity contribution >= 4 is 5.69 Å². The molecule has 0 spiro atoms. The van der Waals surface area contributed by atoms with Crippen LogP contribution in [0.5, 0.6) is 0 Å². The highest BCUT2D eigenvalue weighted by atomic mass is 19.1. The number of aryl methyl sites for hydroxylation is 1. The second-order valence-electron chi connectivity index (χ2n) is 4.80. The Bertz CT molecular complexity index is 561. The molecule has 1 aliphatic rings. The van der Waals surface area contributed by atoms with E-state index in [0.717, 1.165) is 30.7 Å². The van der Waals surface area contributed by atoms with Crippen molar-refractivity contribution in [1.82, 2.24) is 0 Å². The van der Waals surface area contributed by atoms with Crippen molar-refractivity contribution in [3.8, 4) is 0 Å². The lowest BCUT2D eigenvalue weighted by Crippen LogP contribution is -2.16. The average molecular weight is 245 g/mol. The van der Waals surface area contributed by atoms with Crippen molar-refractivity contribution in [3.05, 3.63) is 53.2 Å². The molecule has 0 aliphatic heterocycles. The molecule has 94 valence electrons. The van der Waals surface area contributed by atoms with Crippen molar-refractivity contribution in [2.24, 2.45) is 0 Å². The maximum absolute atomic E-state index is 13.5. The molecule has 1 aromatic heterocycles. The van der Waals surface area contributed by atoms with Gasteiger partial charge in [0.25, 0.3) is 0 Å². The topological polar surface area (TPSA) is 25.2 Å². The zero-order valence-corrected chi connectivity index (χ0v) is 10.4. The number of nitrogens with one attached hydrogen (secondary N) is 1. The molecule has 0 bridgehead atoms. The van der Waals surface area contributed by atoms with Gasteiger partial charge in [-0.15, -0.1) is 0 Å². The zero-order valence-electron chi connectivity index (χ0n) is 10.4. The van der Waals surface area contributed by atoms with Gasteiger partial charge in [-0.1, -0.05) is 6.07 Å².